The van der Waals surface area contributed by atoms with Crippen molar-refractivity contribution in [2.24, 2.45) is 0 Å². The first-order valence-corrected chi connectivity index (χ1v) is 9.99. The van der Waals surface area contributed by atoms with Crippen molar-refractivity contribution in [3.05, 3.63) is 88.9 Å². The van der Waals surface area contributed by atoms with Crippen LogP contribution in [0.4, 0.5) is 5.69 Å². The van der Waals surface area contributed by atoms with Gasteiger partial charge in [0.1, 0.15) is 18.1 Å². The second-order valence-corrected chi connectivity index (χ2v) is 7.02. The number of ether oxygens (including phenoxy) is 2. The number of amides is 1. The van der Waals surface area contributed by atoms with Gasteiger partial charge in [-0.15, -0.1) is 0 Å². The van der Waals surface area contributed by atoms with Crippen LogP contribution in [0.25, 0.3) is 0 Å². The fourth-order valence-electron chi connectivity index (χ4n) is 2.69. The number of halogens is 1. The topological polar surface area (TPSA) is 47.6 Å². The Labute approximate surface area is 176 Å². The van der Waals surface area contributed by atoms with Crippen LogP contribution in [0.5, 0.6) is 11.5 Å². The van der Waals surface area contributed by atoms with Crippen molar-refractivity contribution in [2.75, 3.05) is 11.9 Å². The van der Waals surface area contributed by atoms with E-state index in [1.807, 2.05) is 72.8 Å². The Morgan fingerprint density at radius 2 is 1.41 bits per heavy atom. The van der Waals surface area contributed by atoms with E-state index in [4.69, 9.17) is 21.1 Å². The highest BCUT2D eigenvalue weighted by atomic mass is 35.5. The minimum absolute atomic E-state index is 0.0926. The van der Waals surface area contributed by atoms with Gasteiger partial charge in [-0.1, -0.05) is 42.8 Å². The van der Waals surface area contributed by atoms with Gasteiger partial charge in [0, 0.05) is 10.7 Å². The molecule has 4 nitrogen and oxygen atoms in total. The minimum atomic E-state index is -0.0926. The summed E-state index contributed by atoms with van der Waals surface area (Å²) in [6, 6.07) is 22.8. The Balaban J connectivity index is 1.40. The Morgan fingerprint density at radius 1 is 0.828 bits per heavy atom. The zero-order valence-electron chi connectivity index (χ0n) is 16.4. The van der Waals surface area contributed by atoms with Crippen molar-refractivity contribution in [1.82, 2.24) is 0 Å². The van der Waals surface area contributed by atoms with E-state index in [9.17, 15) is 4.79 Å². The minimum Gasteiger partial charge on any atom is -0.493 e. The van der Waals surface area contributed by atoms with Crippen molar-refractivity contribution in [1.29, 1.82) is 0 Å². The Morgan fingerprint density at radius 3 is 2.07 bits per heavy atom. The summed E-state index contributed by atoms with van der Waals surface area (Å²) < 4.78 is 11.4. The first-order valence-electron chi connectivity index (χ1n) is 9.61. The van der Waals surface area contributed by atoms with Crippen molar-refractivity contribution in [3.63, 3.8) is 0 Å². The Hall–Kier alpha value is -2.98. The van der Waals surface area contributed by atoms with Crippen LogP contribution in [-0.4, -0.2) is 12.5 Å². The molecule has 3 rings (SSSR count). The third kappa shape index (κ3) is 6.84. The van der Waals surface area contributed by atoms with Crippen LogP contribution >= 0.6 is 11.6 Å². The lowest BCUT2D eigenvalue weighted by molar-refractivity contribution is -0.116. The standard InChI is InChI=1S/C24H24ClNO3/c1-2-18-5-11-22(12-6-18)28-16-15-24(27)26-21-9-13-23(14-10-21)29-17-19-3-7-20(25)8-4-19/h3-14H,2,15-17H2,1H3,(H,26,27). The van der Waals surface area contributed by atoms with E-state index in [1.165, 1.54) is 5.56 Å². The monoisotopic (exact) mass is 409 g/mol. The predicted octanol–water partition coefficient (Wildman–Crippen LogP) is 5.89. The van der Waals surface area contributed by atoms with Crippen molar-refractivity contribution in [3.8, 4) is 11.5 Å². The molecule has 1 N–H and O–H groups in total. The van der Waals surface area contributed by atoms with Crippen molar-refractivity contribution >= 4 is 23.2 Å². The Kier molecular flexibility index (Phi) is 7.54. The molecule has 0 aliphatic carbocycles. The van der Waals surface area contributed by atoms with Gasteiger partial charge in [-0.2, -0.15) is 0 Å². The molecule has 0 heterocycles. The summed E-state index contributed by atoms with van der Waals surface area (Å²) in [4.78, 5) is 12.1. The molecular weight excluding hydrogens is 386 g/mol. The van der Waals surface area contributed by atoms with Gasteiger partial charge in [0.05, 0.1) is 13.0 Å². The highest BCUT2D eigenvalue weighted by molar-refractivity contribution is 6.30. The van der Waals surface area contributed by atoms with E-state index < -0.39 is 0 Å². The van der Waals surface area contributed by atoms with Crippen LogP contribution in [0.15, 0.2) is 72.8 Å². The fraction of sp³-hybridized carbons (Fsp3) is 0.208. The maximum absolute atomic E-state index is 12.1. The van der Waals surface area contributed by atoms with Crippen LogP contribution in [0.2, 0.25) is 5.02 Å². The van der Waals surface area contributed by atoms with E-state index in [0.29, 0.717) is 18.2 Å². The normalized spacial score (nSPS) is 10.4. The molecule has 0 atom stereocenters. The van der Waals surface area contributed by atoms with Crippen LogP contribution < -0.4 is 14.8 Å². The molecule has 0 fully saturated rings. The van der Waals surface area contributed by atoms with Crippen molar-refractivity contribution in [2.45, 2.75) is 26.4 Å². The number of carbonyl (C=O) groups is 1. The molecule has 3 aromatic carbocycles. The smallest absolute Gasteiger partial charge is 0.227 e. The molecule has 0 aromatic heterocycles. The summed E-state index contributed by atoms with van der Waals surface area (Å²) in [6.07, 6.45) is 1.28. The highest BCUT2D eigenvalue weighted by Gasteiger charge is 2.04. The molecule has 0 spiro atoms. The SMILES string of the molecule is CCc1ccc(OCCC(=O)Nc2ccc(OCc3ccc(Cl)cc3)cc2)cc1. The number of hydrogen-bond donors (Lipinski definition) is 1. The molecule has 0 saturated heterocycles. The van der Waals surface area contributed by atoms with Gasteiger partial charge < -0.3 is 14.8 Å². The molecule has 1 amide bonds. The second kappa shape index (κ2) is 10.5. The number of benzene rings is 3. The van der Waals surface area contributed by atoms with Crippen LogP contribution in [0.3, 0.4) is 0 Å². The Bertz CT molecular complexity index is 906. The third-order valence-corrected chi connectivity index (χ3v) is 4.64. The van der Waals surface area contributed by atoms with Gasteiger partial charge in [0.15, 0.2) is 0 Å². The summed E-state index contributed by atoms with van der Waals surface area (Å²) in [5, 5.41) is 3.57. The second-order valence-electron chi connectivity index (χ2n) is 6.58. The molecular formula is C24H24ClNO3. The zero-order chi connectivity index (χ0) is 20.5. The van der Waals surface area contributed by atoms with Gasteiger partial charge in [0.2, 0.25) is 5.91 Å². The molecule has 0 saturated carbocycles. The number of carbonyl (C=O) groups excluding carboxylic acids is 1. The molecule has 0 aliphatic rings. The summed E-state index contributed by atoms with van der Waals surface area (Å²) in [5.74, 6) is 1.42. The first-order chi connectivity index (χ1) is 14.1. The number of nitrogens with one attached hydrogen (secondary N) is 1. The number of hydrogen-bond acceptors (Lipinski definition) is 3. The first kappa shape index (κ1) is 20.7. The predicted molar refractivity (Wildman–Crippen MR) is 117 cm³/mol. The summed E-state index contributed by atoms with van der Waals surface area (Å²) in [5.41, 5.74) is 3.02. The number of anilines is 1. The lowest BCUT2D eigenvalue weighted by Crippen LogP contribution is -2.15. The van der Waals surface area contributed by atoms with Crippen LogP contribution in [-0.2, 0) is 17.8 Å². The molecule has 150 valence electrons. The fourth-order valence-corrected chi connectivity index (χ4v) is 2.81. The van der Waals surface area contributed by atoms with E-state index in [1.54, 1.807) is 0 Å². The maximum Gasteiger partial charge on any atom is 0.227 e. The number of rotatable bonds is 9. The molecule has 0 aliphatic heterocycles. The number of aryl methyl sites for hydroxylation is 1. The van der Waals surface area contributed by atoms with Gasteiger partial charge in [0.25, 0.3) is 0 Å². The molecule has 0 bridgehead atoms. The largest absolute Gasteiger partial charge is 0.493 e. The van der Waals surface area contributed by atoms with Gasteiger partial charge >= 0.3 is 0 Å². The zero-order valence-corrected chi connectivity index (χ0v) is 17.1. The third-order valence-electron chi connectivity index (χ3n) is 4.39. The molecule has 0 radical (unpaired) electrons. The van der Waals surface area contributed by atoms with Crippen molar-refractivity contribution < 1.29 is 14.3 Å². The van der Waals surface area contributed by atoms with E-state index in [0.717, 1.165) is 29.2 Å². The maximum atomic E-state index is 12.1. The van der Waals surface area contributed by atoms with Gasteiger partial charge in [-0.3, -0.25) is 4.79 Å². The summed E-state index contributed by atoms with van der Waals surface area (Å²) in [7, 11) is 0. The molecule has 3 aromatic rings. The average Bonchev–Trinajstić information content (AvgIpc) is 2.75. The molecule has 0 unspecified atom stereocenters. The molecule has 5 heteroatoms. The summed E-state index contributed by atoms with van der Waals surface area (Å²) in [6.45, 7) is 2.90. The quantitative estimate of drug-likeness (QED) is 0.479. The van der Waals surface area contributed by atoms with E-state index in [-0.39, 0.29) is 12.3 Å². The van der Waals surface area contributed by atoms with Crippen LogP contribution in [0, 0.1) is 0 Å². The lowest BCUT2D eigenvalue weighted by atomic mass is 10.2. The average molecular weight is 410 g/mol. The molecule has 29 heavy (non-hydrogen) atoms. The lowest BCUT2D eigenvalue weighted by Gasteiger charge is -2.09. The van der Waals surface area contributed by atoms with Gasteiger partial charge in [-0.05, 0) is 66.1 Å². The van der Waals surface area contributed by atoms with Crippen LogP contribution in [0.1, 0.15) is 24.5 Å². The van der Waals surface area contributed by atoms with E-state index >= 15 is 0 Å². The highest BCUT2D eigenvalue weighted by Crippen LogP contribution is 2.18. The summed E-state index contributed by atoms with van der Waals surface area (Å²) >= 11 is 5.88. The van der Waals surface area contributed by atoms with Gasteiger partial charge in [-0.25, -0.2) is 0 Å². The van der Waals surface area contributed by atoms with E-state index in [2.05, 4.69) is 12.2 Å².